The second-order valence-electron chi connectivity index (χ2n) is 5.26. The zero-order valence-electron chi connectivity index (χ0n) is 12.5. The minimum absolute atomic E-state index is 0.135. The van der Waals surface area contributed by atoms with Gasteiger partial charge in [-0.15, -0.1) is 0 Å². The molecule has 0 fully saturated rings. The average Bonchev–Trinajstić information content (AvgIpc) is 2.81. The lowest BCUT2D eigenvalue weighted by Crippen LogP contribution is -2.33. The fourth-order valence-electron chi connectivity index (χ4n) is 2.20. The van der Waals surface area contributed by atoms with E-state index in [1.807, 2.05) is 19.9 Å². The van der Waals surface area contributed by atoms with Crippen LogP contribution in [0.3, 0.4) is 0 Å². The lowest BCUT2D eigenvalue weighted by Gasteiger charge is -2.18. The second kappa shape index (κ2) is 5.51. The quantitative estimate of drug-likeness (QED) is 0.912. The Morgan fingerprint density at radius 3 is 2.71 bits per heavy atom. The van der Waals surface area contributed by atoms with Crippen LogP contribution in [0.25, 0.3) is 5.65 Å². The summed E-state index contributed by atoms with van der Waals surface area (Å²) in [5.41, 5.74) is 2.56. The highest BCUT2D eigenvalue weighted by Crippen LogP contribution is 2.14. The van der Waals surface area contributed by atoms with Crippen LogP contribution in [0.1, 0.15) is 28.7 Å². The Bertz CT molecular complexity index is 708. The fraction of sp³-hybridized carbons (Fsp3) is 0.429. The maximum absolute atomic E-state index is 12.4. The zero-order valence-corrected chi connectivity index (χ0v) is 12.5. The van der Waals surface area contributed by atoms with Crippen molar-refractivity contribution in [3.8, 4) is 0 Å². The van der Waals surface area contributed by atoms with Gasteiger partial charge < -0.3 is 10.0 Å². The maximum atomic E-state index is 12.4. The van der Waals surface area contributed by atoms with Gasteiger partial charge in [-0.2, -0.15) is 5.10 Å². The summed E-state index contributed by atoms with van der Waals surface area (Å²) < 4.78 is 1.61. The van der Waals surface area contributed by atoms with Crippen molar-refractivity contribution in [2.24, 2.45) is 5.92 Å². The highest BCUT2D eigenvalue weighted by atomic mass is 16.4. The van der Waals surface area contributed by atoms with Crippen LogP contribution in [0.15, 0.2) is 12.3 Å². The number of amides is 1. The predicted octanol–water partition coefficient (Wildman–Crippen LogP) is 1.14. The van der Waals surface area contributed by atoms with E-state index in [4.69, 9.17) is 5.11 Å². The summed E-state index contributed by atoms with van der Waals surface area (Å²) in [6.45, 7) is 5.44. The molecule has 2 heterocycles. The van der Waals surface area contributed by atoms with Crippen molar-refractivity contribution in [3.63, 3.8) is 0 Å². The number of fused-ring (bicyclic) bond motifs is 1. The number of rotatable bonds is 4. The van der Waals surface area contributed by atoms with Crippen LogP contribution >= 0.6 is 0 Å². The van der Waals surface area contributed by atoms with Crippen LogP contribution in [0.5, 0.6) is 0 Å². The third kappa shape index (κ3) is 2.86. The fourth-order valence-corrected chi connectivity index (χ4v) is 2.20. The molecule has 0 aliphatic heterocycles. The van der Waals surface area contributed by atoms with Gasteiger partial charge in [0.05, 0.1) is 12.1 Å². The Labute approximate surface area is 122 Å². The summed E-state index contributed by atoms with van der Waals surface area (Å²) in [7, 11) is 1.58. The molecule has 0 saturated carbocycles. The van der Waals surface area contributed by atoms with Gasteiger partial charge in [0.2, 0.25) is 0 Å². The molecule has 0 aromatic carbocycles. The molecule has 7 nitrogen and oxygen atoms in total. The molecule has 0 radical (unpaired) electrons. The number of carbonyl (C=O) groups is 2. The summed E-state index contributed by atoms with van der Waals surface area (Å²) in [5, 5.41) is 13.1. The first-order valence-corrected chi connectivity index (χ1v) is 6.61. The third-order valence-electron chi connectivity index (χ3n) is 3.32. The molecule has 2 rings (SSSR count). The van der Waals surface area contributed by atoms with Crippen LogP contribution in [0.4, 0.5) is 0 Å². The van der Waals surface area contributed by atoms with Crippen LogP contribution < -0.4 is 0 Å². The minimum atomic E-state index is -0.931. The van der Waals surface area contributed by atoms with Crippen molar-refractivity contribution in [3.05, 3.63) is 29.2 Å². The molecule has 1 atom stereocenters. The molecule has 1 amide bonds. The van der Waals surface area contributed by atoms with Gasteiger partial charge in [-0.1, -0.05) is 6.92 Å². The summed E-state index contributed by atoms with van der Waals surface area (Å²) in [5.74, 6) is -1.84. The van der Waals surface area contributed by atoms with Gasteiger partial charge in [0, 0.05) is 25.0 Å². The van der Waals surface area contributed by atoms with Crippen molar-refractivity contribution in [1.29, 1.82) is 0 Å². The van der Waals surface area contributed by atoms with Crippen molar-refractivity contribution >= 4 is 17.5 Å². The molecule has 0 aliphatic carbocycles. The molecule has 21 heavy (non-hydrogen) atoms. The number of carboxylic acid groups (broad SMARTS) is 1. The molecule has 112 valence electrons. The standard InChI is InChI=1S/C14H18N4O3/c1-8(14(20)21)7-17(4)13(19)11-6-15-18-10(3)5-9(2)16-12(11)18/h5-6,8H,7H2,1-4H3,(H,20,21). The number of aliphatic carboxylic acids is 1. The monoisotopic (exact) mass is 290 g/mol. The summed E-state index contributed by atoms with van der Waals surface area (Å²) in [4.78, 5) is 29.1. The van der Waals surface area contributed by atoms with Crippen molar-refractivity contribution in [2.45, 2.75) is 20.8 Å². The molecular weight excluding hydrogens is 272 g/mol. The van der Waals surface area contributed by atoms with Crippen LogP contribution in [0.2, 0.25) is 0 Å². The molecule has 2 aromatic rings. The Hall–Kier alpha value is -2.44. The highest BCUT2D eigenvalue weighted by Gasteiger charge is 2.22. The normalized spacial score (nSPS) is 12.4. The molecule has 1 N–H and O–H groups in total. The number of aryl methyl sites for hydroxylation is 2. The predicted molar refractivity (Wildman–Crippen MR) is 76.2 cm³/mol. The van der Waals surface area contributed by atoms with E-state index in [1.165, 1.54) is 11.1 Å². The van der Waals surface area contributed by atoms with E-state index in [2.05, 4.69) is 10.1 Å². The van der Waals surface area contributed by atoms with E-state index in [0.29, 0.717) is 11.2 Å². The van der Waals surface area contributed by atoms with Crippen molar-refractivity contribution in [2.75, 3.05) is 13.6 Å². The Morgan fingerprint density at radius 1 is 1.43 bits per heavy atom. The first-order chi connectivity index (χ1) is 9.81. The van der Waals surface area contributed by atoms with Gasteiger partial charge in [-0.05, 0) is 19.9 Å². The first kappa shape index (κ1) is 15.0. The SMILES string of the molecule is Cc1cc(C)n2ncc(C(=O)N(C)CC(C)C(=O)O)c2n1. The average molecular weight is 290 g/mol. The highest BCUT2D eigenvalue weighted by molar-refractivity contribution is 5.99. The summed E-state index contributed by atoms with van der Waals surface area (Å²) in [6, 6.07) is 1.88. The van der Waals surface area contributed by atoms with E-state index >= 15 is 0 Å². The molecule has 0 bridgehead atoms. The van der Waals surface area contributed by atoms with Gasteiger partial charge >= 0.3 is 5.97 Å². The first-order valence-electron chi connectivity index (χ1n) is 6.61. The molecule has 0 spiro atoms. The van der Waals surface area contributed by atoms with E-state index in [9.17, 15) is 9.59 Å². The number of aromatic nitrogens is 3. The second-order valence-corrected chi connectivity index (χ2v) is 5.26. The number of carbonyl (C=O) groups excluding carboxylic acids is 1. The lowest BCUT2D eigenvalue weighted by atomic mass is 10.1. The zero-order chi connectivity index (χ0) is 15.7. The van der Waals surface area contributed by atoms with E-state index in [0.717, 1.165) is 11.4 Å². The Balaban J connectivity index is 2.33. The summed E-state index contributed by atoms with van der Waals surface area (Å²) in [6.07, 6.45) is 1.47. The Kier molecular flexibility index (Phi) is 3.93. The van der Waals surface area contributed by atoms with Gasteiger partial charge in [0.15, 0.2) is 5.65 Å². The van der Waals surface area contributed by atoms with Crippen molar-refractivity contribution < 1.29 is 14.7 Å². The number of carboxylic acids is 1. The molecule has 1 unspecified atom stereocenters. The minimum Gasteiger partial charge on any atom is -0.481 e. The van der Waals surface area contributed by atoms with E-state index in [1.54, 1.807) is 18.5 Å². The molecule has 2 aromatic heterocycles. The molecule has 0 aliphatic rings. The van der Waals surface area contributed by atoms with Crippen LogP contribution in [-0.2, 0) is 4.79 Å². The smallest absolute Gasteiger partial charge is 0.308 e. The maximum Gasteiger partial charge on any atom is 0.308 e. The van der Waals surface area contributed by atoms with Gasteiger partial charge in [0.25, 0.3) is 5.91 Å². The van der Waals surface area contributed by atoms with Crippen LogP contribution in [0, 0.1) is 19.8 Å². The van der Waals surface area contributed by atoms with E-state index in [-0.39, 0.29) is 12.5 Å². The topological polar surface area (TPSA) is 87.8 Å². The number of nitrogens with zero attached hydrogens (tertiary/aromatic N) is 4. The van der Waals surface area contributed by atoms with Gasteiger partial charge in [-0.25, -0.2) is 9.50 Å². The van der Waals surface area contributed by atoms with E-state index < -0.39 is 11.9 Å². The third-order valence-corrected chi connectivity index (χ3v) is 3.32. The Morgan fingerprint density at radius 2 is 2.10 bits per heavy atom. The van der Waals surface area contributed by atoms with Gasteiger partial charge in [-0.3, -0.25) is 9.59 Å². The largest absolute Gasteiger partial charge is 0.481 e. The van der Waals surface area contributed by atoms with Crippen LogP contribution in [-0.4, -0.2) is 50.1 Å². The number of hydrogen-bond donors (Lipinski definition) is 1. The summed E-state index contributed by atoms with van der Waals surface area (Å²) >= 11 is 0. The van der Waals surface area contributed by atoms with Gasteiger partial charge in [0.1, 0.15) is 5.56 Å². The van der Waals surface area contributed by atoms with Crippen molar-refractivity contribution in [1.82, 2.24) is 19.5 Å². The molecule has 0 saturated heterocycles. The molecule has 7 heteroatoms. The molecular formula is C14H18N4O3. The number of hydrogen-bond acceptors (Lipinski definition) is 4. The lowest BCUT2D eigenvalue weighted by molar-refractivity contribution is -0.141.